The number of anilines is 1. The standard InChI is InChI=1S/C16H19FN4O2/c1-21-15(18)13(9-20-21)16(22)19-8-11-6-7-23-14(11)10-2-4-12(17)5-3-10/h2-5,9,11,14H,6-8,18H2,1H3,(H,19,22)/t11-,14-/m0/s1. The fourth-order valence-electron chi connectivity index (χ4n) is 2.80. The van der Waals surface area contributed by atoms with Crippen molar-refractivity contribution >= 4 is 11.7 Å². The number of hydrogen-bond donors (Lipinski definition) is 2. The third-order valence-electron chi connectivity index (χ3n) is 4.17. The fourth-order valence-corrected chi connectivity index (χ4v) is 2.80. The van der Waals surface area contributed by atoms with Crippen molar-refractivity contribution in [2.75, 3.05) is 18.9 Å². The predicted molar refractivity (Wildman–Crippen MR) is 83.2 cm³/mol. The van der Waals surface area contributed by atoms with Gasteiger partial charge in [-0.1, -0.05) is 12.1 Å². The lowest BCUT2D eigenvalue weighted by molar-refractivity contribution is 0.0846. The minimum absolute atomic E-state index is 0.137. The monoisotopic (exact) mass is 318 g/mol. The molecule has 1 aromatic heterocycles. The van der Waals surface area contributed by atoms with Gasteiger partial charge in [0.1, 0.15) is 17.2 Å². The van der Waals surface area contributed by atoms with E-state index < -0.39 is 0 Å². The van der Waals surface area contributed by atoms with Crippen molar-refractivity contribution in [1.29, 1.82) is 0 Å². The molecule has 0 bridgehead atoms. The van der Waals surface area contributed by atoms with Crippen LogP contribution in [-0.4, -0.2) is 28.8 Å². The van der Waals surface area contributed by atoms with Gasteiger partial charge in [-0.3, -0.25) is 9.48 Å². The number of ether oxygens (including phenoxy) is 1. The summed E-state index contributed by atoms with van der Waals surface area (Å²) in [6.07, 6.45) is 2.15. The maximum absolute atomic E-state index is 13.0. The van der Waals surface area contributed by atoms with Crippen molar-refractivity contribution in [3.63, 3.8) is 0 Å². The Balaban J connectivity index is 1.64. The quantitative estimate of drug-likeness (QED) is 0.898. The number of benzene rings is 1. The summed E-state index contributed by atoms with van der Waals surface area (Å²) in [5.74, 6) is -0.0495. The molecule has 23 heavy (non-hydrogen) atoms. The number of halogens is 1. The van der Waals surface area contributed by atoms with E-state index in [1.54, 1.807) is 19.2 Å². The number of amides is 1. The van der Waals surface area contributed by atoms with Crippen LogP contribution in [0.2, 0.25) is 0 Å². The minimum atomic E-state index is -0.274. The summed E-state index contributed by atoms with van der Waals surface area (Å²) in [6.45, 7) is 1.09. The third-order valence-corrected chi connectivity index (χ3v) is 4.17. The summed E-state index contributed by atoms with van der Waals surface area (Å²) in [5.41, 5.74) is 7.09. The maximum atomic E-state index is 13.0. The Morgan fingerprint density at radius 2 is 2.22 bits per heavy atom. The molecule has 1 amide bonds. The molecule has 1 fully saturated rings. The van der Waals surface area contributed by atoms with Crippen LogP contribution < -0.4 is 11.1 Å². The lowest BCUT2D eigenvalue weighted by Gasteiger charge is -2.19. The van der Waals surface area contributed by atoms with Gasteiger partial charge in [0.25, 0.3) is 5.91 Å². The summed E-state index contributed by atoms with van der Waals surface area (Å²) in [4.78, 5) is 12.2. The van der Waals surface area contributed by atoms with Crippen molar-refractivity contribution in [2.24, 2.45) is 13.0 Å². The van der Waals surface area contributed by atoms with Crippen LogP contribution in [0, 0.1) is 11.7 Å². The van der Waals surface area contributed by atoms with E-state index in [-0.39, 0.29) is 23.7 Å². The average Bonchev–Trinajstić information content (AvgIpc) is 3.14. The lowest BCUT2D eigenvalue weighted by atomic mass is 9.95. The number of aryl methyl sites for hydroxylation is 1. The van der Waals surface area contributed by atoms with Crippen LogP contribution in [0.25, 0.3) is 0 Å². The van der Waals surface area contributed by atoms with Crippen LogP contribution in [0.5, 0.6) is 0 Å². The molecule has 7 heteroatoms. The molecular formula is C16H19FN4O2. The van der Waals surface area contributed by atoms with Crippen LogP contribution in [0.1, 0.15) is 28.4 Å². The second-order valence-corrected chi connectivity index (χ2v) is 5.67. The number of nitrogens with two attached hydrogens (primary N) is 1. The molecule has 3 rings (SSSR count). The zero-order valence-electron chi connectivity index (χ0n) is 12.8. The van der Waals surface area contributed by atoms with E-state index in [2.05, 4.69) is 10.4 Å². The number of nitrogen functional groups attached to an aromatic ring is 1. The van der Waals surface area contributed by atoms with E-state index in [1.165, 1.54) is 23.0 Å². The lowest BCUT2D eigenvalue weighted by Crippen LogP contribution is -2.30. The Kier molecular flexibility index (Phi) is 4.29. The Morgan fingerprint density at radius 1 is 1.48 bits per heavy atom. The van der Waals surface area contributed by atoms with Gasteiger partial charge in [-0.15, -0.1) is 0 Å². The maximum Gasteiger partial charge on any atom is 0.256 e. The Labute approximate surface area is 133 Å². The molecule has 0 spiro atoms. The van der Waals surface area contributed by atoms with E-state index in [0.717, 1.165) is 12.0 Å². The Bertz CT molecular complexity index is 699. The summed E-state index contributed by atoms with van der Waals surface area (Å²) in [5, 5.41) is 6.84. The van der Waals surface area contributed by atoms with Crippen LogP contribution in [-0.2, 0) is 11.8 Å². The number of nitrogens with one attached hydrogen (secondary N) is 1. The summed E-state index contributed by atoms with van der Waals surface area (Å²) < 4.78 is 20.2. The van der Waals surface area contributed by atoms with Crippen molar-refractivity contribution in [1.82, 2.24) is 15.1 Å². The van der Waals surface area contributed by atoms with Gasteiger partial charge in [0.15, 0.2) is 0 Å². The van der Waals surface area contributed by atoms with Gasteiger partial charge in [-0.25, -0.2) is 4.39 Å². The van der Waals surface area contributed by atoms with Gasteiger partial charge in [0, 0.05) is 26.1 Å². The molecule has 0 unspecified atom stereocenters. The minimum Gasteiger partial charge on any atom is -0.383 e. The first kappa shape index (κ1) is 15.5. The van der Waals surface area contributed by atoms with E-state index in [9.17, 15) is 9.18 Å². The summed E-state index contributed by atoms with van der Waals surface area (Å²) in [6, 6.07) is 6.28. The molecule has 0 radical (unpaired) electrons. The van der Waals surface area contributed by atoms with Crippen LogP contribution >= 0.6 is 0 Å². The van der Waals surface area contributed by atoms with E-state index >= 15 is 0 Å². The summed E-state index contributed by atoms with van der Waals surface area (Å²) in [7, 11) is 1.68. The highest BCUT2D eigenvalue weighted by Gasteiger charge is 2.30. The third kappa shape index (κ3) is 3.19. The molecule has 0 saturated carbocycles. The number of carbonyl (C=O) groups is 1. The molecule has 0 aliphatic carbocycles. The smallest absolute Gasteiger partial charge is 0.256 e. The number of nitrogens with zero attached hydrogens (tertiary/aromatic N) is 2. The number of rotatable bonds is 4. The van der Waals surface area contributed by atoms with Crippen LogP contribution in [0.4, 0.5) is 10.2 Å². The first-order chi connectivity index (χ1) is 11.1. The fraction of sp³-hybridized carbons (Fsp3) is 0.375. The second kappa shape index (κ2) is 6.37. The second-order valence-electron chi connectivity index (χ2n) is 5.67. The number of aromatic nitrogens is 2. The van der Waals surface area contributed by atoms with Gasteiger partial charge in [-0.05, 0) is 24.1 Å². The highest BCUT2D eigenvalue weighted by atomic mass is 19.1. The van der Waals surface area contributed by atoms with Crippen molar-refractivity contribution in [2.45, 2.75) is 12.5 Å². The SMILES string of the molecule is Cn1ncc(C(=O)NC[C@@H]2CCO[C@H]2c2ccc(F)cc2)c1N. The highest BCUT2D eigenvalue weighted by molar-refractivity contribution is 5.98. The van der Waals surface area contributed by atoms with E-state index in [0.29, 0.717) is 24.5 Å². The molecule has 6 nitrogen and oxygen atoms in total. The molecule has 1 aliphatic rings. The Hall–Kier alpha value is -2.41. The highest BCUT2D eigenvalue weighted by Crippen LogP contribution is 2.34. The van der Waals surface area contributed by atoms with Crippen molar-refractivity contribution in [3.8, 4) is 0 Å². The molecule has 1 saturated heterocycles. The zero-order chi connectivity index (χ0) is 16.4. The largest absolute Gasteiger partial charge is 0.383 e. The number of hydrogen-bond acceptors (Lipinski definition) is 4. The topological polar surface area (TPSA) is 82.2 Å². The number of carbonyl (C=O) groups excluding carboxylic acids is 1. The van der Waals surface area contributed by atoms with Crippen molar-refractivity contribution < 1.29 is 13.9 Å². The average molecular weight is 318 g/mol. The van der Waals surface area contributed by atoms with Crippen LogP contribution in [0.15, 0.2) is 30.5 Å². The van der Waals surface area contributed by atoms with Gasteiger partial charge in [0.2, 0.25) is 0 Å². The van der Waals surface area contributed by atoms with Gasteiger partial charge in [-0.2, -0.15) is 5.10 Å². The molecular weight excluding hydrogens is 299 g/mol. The molecule has 2 atom stereocenters. The van der Waals surface area contributed by atoms with Gasteiger partial charge >= 0.3 is 0 Å². The van der Waals surface area contributed by atoms with E-state index in [1.807, 2.05) is 0 Å². The predicted octanol–water partition coefficient (Wildman–Crippen LogP) is 1.65. The molecule has 122 valence electrons. The normalized spacial score (nSPS) is 20.6. The van der Waals surface area contributed by atoms with Crippen LogP contribution in [0.3, 0.4) is 0 Å². The first-order valence-electron chi connectivity index (χ1n) is 7.49. The summed E-state index contributed by atoms with van der Waals surface area (Å²) >= 11 is 0. The van der Waals surface area contributed by atoms with Gasteiger partial charge in [0.05, 0.1) is 12.3 Å². The van der Waals surface area contributed by atoms with E-state index in [4.69, 9.17) is 10.5 Å². The first-order valence-corrected chi connectivity index (χ1v) is 7.49. The molecule has 1 aliphatic heterocycles. The molecule has 3 N–H and O–H groups in total. The Morgan fingerprint density at radius 3 is 2.87 bits per heavy atom. The van der Waals surface area contributed by atoms with Crippen molar-refractivity contribution in [3.05, 3.63) is 47.4 Å². The molecule has 1 aromatic carbocycles. The molecule has 2 aromatic rings. The van der Waals surface area contributed by atoms with Gasteiger partial charge < -0.3 is 15.8 Å². The zero-order valence-corrected chi connectivity index (χ0v) is 12.8. The molecule has 2 heterocycles.